The van der Waals surface area contributed by atoms with Gasteiger partial charge in [0, 0.05) is 5.56 Å². The molecule has 3 nitrogen and oxygen atoms in total. The number of phenols is 1. The van der Waals surface area contributed by atoms with Gasteiger partial charge in [0.2, 0.25) is 0 Å². The van der Waals surface area contributed by atoms with E-state index in [0.717, 1.165) is 6.07 Å². The highest BCUT2D eigenvalue weighted by molar-refractivity contribution is 6.35. The Morgan fingerprint density at radius 3 is 2.57 bits per heavy atom. The first-order valence-electron chi connectivity index (χ1n) is 3.50. The van der Waals surface area contributed by atoms with Crippen molar-refractivity contribution in [3.8, 4) is 5.75 Å². The Morgan fingerprint density at radius 1 is 1.50 bits per heavy atom. The molecule has 0 spiro atoms. The number of carboxylic acids is 1. The van der Waals surface area contributed by atoms with Crippen molar-refractivity contribution in [3.05, 3.63) is 27.5 Å². The fourth-order valence-electron chi connectivity index (χ4n) is 0.948. The van der Waals surface area contributed by atoms with Crippen LogP contribution in [0.5, 0.6) is 5.75 Å². The van der Waals surface area contributed by atoms with Crippen LogP contribution >= 0.6 is 23.2 Å². The standard InChI is InChI=1S/C8H5Cl2FO3/c9-4-2-5(11)7(10)3(8(4)14)1-6(12)13/h2,14H,1H2,(H,12,13). The predicted molar refractivity (Wildman–Crippen MR) is 49.4 cm³/mol. The fourth-order valence-corrected chi connectivity index (χ4v) is 1.37. The molecule has 0 heterocycles. The molecule has 14 heavy (non-hydrogen) atoms. The number of phenolic OH excluding ortho intramolecular Hbond substituents is 1. The molecule has 0 aliphatic heterocycles. The molecule has 1 aromatic rings. The number of hydrogen-bond donors (Lipinski definition) is 2. The second-order valence-electron chi connectivity index (χ2n) is 2.55. The topological polar surface area (TPSA) is 57.5 Å². The Kier molecular flexibility index (Phi) is 3.18. The van der Waals surface area contributed by atoms with Gasteiger partial charge in [-0.3, -0.25) is 4.79 Å². The lowest BCUT2D eigenvalue weighted by atomic mass is 10.1. The van der Waals surface area contributed by atoms with Crippen molar-refractivity contribution in [1.29, 1.82) is 0 Å². The molecule has 0 radical (unpaired) electrons. The Labute approximate surface area is 88.7 Å². The molecule has 0 fully saturated rings. The predicted octanol–water partition coefficient (Wildman–Crippen LogP) is 2.47. The smallest absolute Gasteiger partial charge is 0.308 e. The first-order valence-corrected chi connectivity index (χ1v) is 4.26. The third-order valence-electron chi connectivity index (χ3n) is 1.57. The number of benzene rings is 1. The summed E-state index contributed by atoms with van der Waals surface area (Å²) in [7, 11) is 0. The molecular formula is C8H5Cl2FO3. The summed E-state index contributed by atoms with van der Waals surface area (Å²) in [5.41, 5.74) is -0.218. The molecule has 2 N–H and O–H groups in total. The first-order chi connectivity index (χ1) is 6.43. The van der Waals surface area contributed by atoms with Crippen LogP contribution in [0.1, 0.15) is 5.56 Å². The number of aromatic hydroxyl groups is 1. The molecule has 1 rings (SSSR count). The van der Waals surface area contributed by atoms with E-state index in [1.807, 2.05) is 0 Å². The Balaban J connectivity index is 3.31. The highest BCUT2D eigenvalue weighted by Gasteiger charge is 2.17. The molecule has 0 saturated carbocycles. The van der Waals surface area contributed by atoms with E-state index in [1.54, 1.807) is 0 Å². The maximum absolute atomic E-state index is 13.0. The van der Waals surface area contributed by atoms with Crippen LogP contribution < -0.4 is 0 Å². The van der Waals surface area contributed by atoms with Crippen LogP contribution in [-0.4, -0.2) is 16.2 Å². The maximum atomic E-state index is 13.0. The summed E-state index contributed by atoms with van der Waals surface area (Å²) in [6.45, 7) is 0. The minimum Gasteiger partial charge on any atom is -0.506 e. The van der Waals surface area contributed by atoms with Crippen molar-refractivity contribution < 1.29 is 19.4 Å². The summed E-state index contributed by atoms with van der Waals surface area (Å²) >= 11 is 10.9. The maximum Gasteiger partial charge on any atom is 0.308 e. The van der Waals surface area contributed by atoms with E-state index in [1.165, 1.54) is 0 Å². The van der Waals surface area contributed by atoms with Gasteiger partial charge in [-0.15, -0.1) is 0 Å². The third kappa shape index (κ3) is 2.08. The van der Waals surface area contributed by atoms with Crippen molar-refractivity contribution in [2.75, 3.05) is 0 Å². The first kappa shape index (κ1) is 11.1. The van der Waals surface area contributed by atoms with Gasteiger partial charge in [-0.25, -0.2) is 4.39 Å². The van der Waals surface area contributed by atoms with Crippen LogP contribution in [0.2, 0.25) is 10.0 Å². The van der Waals surface area contributed by atoms with Gasteiger partial charge in [0.05, 0.1) is 16.5 Å². The molecule has 0 aliphatic carbocycles. The van der Waals surface area contributed by atoms with Gasteiger partial charge >= 0.3 is 5.97 Å². The summed E-state index contributed by atoms with van der Waals surface area (Å²) in [5.74, 6) is -2.59. The van der Waals surface area contributed by atoms with Crippen molar-refractivity contribution in [3.63, 3.8) is 0 Å². The monoisotopic (exact) mass is 238 g/mol. The minimum absolute atomic E-state index is 0.218. The van der Waals surface area contributed by atoms with Gasteiger partial charge in [-0.05, 0) is 6.07 Å². The summed E-state index contributed by atoms with van der Waals surface area (Å²) in [4.78, 5) is 10.4. The highest BCUT2D eigenvalue weighted by atomic mass is 35.5. The van der Waals surface area contributed by atoms with Crippen LogP contribution in [0.25, 0.3) is 0 Å². The van der Waals surface area contributed by atoms with Gasteiger partial charge in [-0.1, -0.05) is 23.2 Å². The zero-order valence-corrected chi connectivity index (χ0v) is 8.23. The second kappa shape index (κ2) is 4.02. The Morgan fingerprint density at radius 2 is 2.07 bits per heavy atom. The van der Waals surface area contributed by atoms with Gasteiger partial charge < -0.3 is 10.2 Å². The fraction of sp³-hybridized carbons (Fsp3) is 0.125. The average molecular weight is 239 g/mol. The third-order valence-corrected chi connectivity index (χ3v) is 2.26. The molecule has 0 bridgehead atoms. The van der Waals surface area contributed by atoms with Crippen LogP contribution in [0.4, 0.5) is 4.39 Å². The lowest BCUT2D eigenvalue weighted by Gasteiger charge is -2.06. The van der Waals surface area contributed by atoms with Crippen molar-refractivity contribution in [2.24, 2.45) is 0 Å². The van der Waals surface area contributed by atoms with E-state index in [4.69, 9.17) is 28.3 Å². The molecule has 6 heteroatoms. The lowest BCUT2D eigenvalue weighted by Crippen LogP contribution is -2.02. The van der Waals surface area contributed by atoms with Crippen molar-refractivity contribution in [1.82, 2.24) is 0 Å². The molecule has 0 saturated heterocycles. The minimum atomic E-state index is -1.23. The number of halogens is 3. The van der Waals surface area contributed by atoms with Crippen LogP contribution in [0.3, 0.4) is 0 Å². The summed E-state index contributed by atoms with van der Waals surface area (Å²) in [6.07, 6.45) is -0.581. The molecule has 0 unspecified atom stereocenters. The zero-order valence-electron chi connectivity index (χ0n) is 6.72. The van der Waals surface area contributed by atoms with E-state index >= 15 is 0 Å². The van der Waals surface area contributed by atoms with Crippen LogP contribution in [0.15, 0.2) is 6.07 Å². The average Bonchev–Trinajstić information content (AvgIpc) is 2.09. The summed E-state index contributed by atoms with van der Waals surface area (Å²) in [6, 6.07) is 0.824. The van der Waals surface area contributed by atoms with E-state index in [0.29, 0.717) is 0 Å². The summed E-state index contributed by atoms with van der Waals surface area (Å²) in [5, 5.41) is 17.1. The van der Waals surface area contributed by atoms with Gasteiger partial charge in [0.25, 0.3) is 0 Å². The Bertz CT molecular complexity index is 366. The number of carboxylic acid groups (broad SMARTS) is 1. The van der Waals surface area contributed by atoms with Gasteiger partial charge in [-0.2, -0.15) is 0 Å². The van der Waals surface area contributed by atoms with E-state index in [9.17, 15) is 14.3 Å². The quantitative estimate of drug-likeness (QED) is 0.779. The SMILES string of the molecule is O=C(O)Cc1c(O)c(Cl)cc(F)c1Cl. The van der Waals surface area contributed by atoms with Crippen molar-refractivity contribution in [2.45, 2.75) is 6.42 Å². The van der Waals surface area contributed by atoms with E-state index < -0.39 is 29.0 Å². The van der Waals surface area contributed by atoms with Crippen LogP contribution in [-0.2, 0) is 11.2 Å². The van der Waals surface area contributed by atoms with Gasteiger partial charge in [0.15, 0.2) is 0 Å². The highest BCUT2D eigenvalue weighted by Crippen LogP contribution is 2.35. The lowest BCUT2D eigenvalue weighted by molar-refractivity contribution is -0.136. The zero-order chi connectivity index (χ0) is 10.9. The molecule has 76 valence electrons. The number of hydrogen-bond acceptors (Lipinski definition) is 2. The number of aliphatic carboxylic acids is 1. The van der Waals surface area contributed by atoms with Gasteiger partial charge in [0.1, 0.15) is 11.6 Å². The molecule has 0 aromatic heterocycles. The molecule has 1 aromatic carbocycles. The normalized spacial score (nSPS) is 10.2. The number of rotatable bonds is 2. The van der Waals surface area contributed by atoms with E-state index in [2.05, 4.69) is 0 Å². The molecule has 0 aliphatic rings. The van der Waals surface area contributed by atoms with Crippen molar-refractivity contribution >= 4 is 29.2 Å². The second-order valence-corrected chi connectivity index (χ2v) is 3.34. The Hall–Kier alpha value is -1.00. The molecule has 0 amide bonds. The van der Waals surface area contributed by atoms with Crippen LogP contribution in [0, 0.1) is 5.82 Å². The molecule has 0 atom stereocenters. The number of carbonyl (C=O) groups is 1. The van der Waals surface area contributed by atoms with E-state index in [-0.39, 0.29) is 10.6 Å². The molecular weight excluding hydrogens is 234 g/mol. The largest absolute Gasteiger partial charge is 0.506 e. The summed E-state index contributed by atoms with van der Waals surface area (Å²) < 4.78 is 13.0.